The lowest BCUT2D eigenvalue weighted by Gasteiger charge is -2.25. The minimum atomic E-state index is -3.91. The predicted octanol–water partition coefficient (Wildman–Crippen LogP) is 16.4. The molecular formula is C98H128ClN13O24S9. The van der Waals surface area contributed by atoms with Gasteiger partial charge in [-0.3, -0.25) is 19.2 Å². The minimum absolute atomic E-state index is 0.00806. The number of benzene rings is 5. The van der Waals surface area contributed by atoms with E-state index in [4.69, 9.17) is 64.9 Å². The second kappa shape index (κ2) is 49.3. The zero-order chi connectivity index (χ0) is 107. The lowest BCUT2D eigenvalue weighted by atomic mass is 9.97. The standard InChI is InChI=1S/C22H25N3O6S2.C14H16N2O6S.C13H18N2O3S.C11H12ClNO3S.3C10H15NOS.C8H12N2O3S/c1-12-9-10-14(31-12)17(15-7-5-11-32-15)24-19-18(21(27)22(19)28)23-13-6-4-8-16(20(13)26)33(29,30)25(2)3;1-4-22-14-10(12(18)13(14)19)15-8-6-5-7-9(11(8)17)23(20,21)16(2)3;1-13(2,3)12-14-9-7-6-8-10(11(9)18-12)19(16,17)15(4)5;1-11(2,3)10-13-7-5-4-6-8(9(7)16-10)17(12,14)15;3*1-7-4-5-8(12-7)10(11)9-3-2-6-13-9;1-10(2)14(12,13)7-5-3-4-6(9)8(7)11/h4,6,8-10,15,17,23-24,26H,5,7,11H2,1-3H3;5-7,15,17H,4H2,1-3H3;6-8H,1-5H3;4-6H,1-3H3;3*4-5,9-10H,2-3,6,11H2,1H3;3-5,11H,9H2,1-2H3/t;;;;2*9-,10?;;/m....10../s1. The summed E-state index contributed by atoms with van der Waals surface area (Å²) in [5.41, 5.74) is 21.8. The Hall–Kier alpha value is -10.1. The Morgan fingerprint density at radius 3 is 1.06 bits per heavy atom. The average molecular weight is 2200 g/mol. The Balaban J connectivity index is 0.000000174. The van der Waals surface area contributed by atoms with Gasteiger partial charge in [0.1, 0.15) is 98.7 Å². The van der Waals surface area contributed by atoms with Crippen LogP contribution in [0.2, 0.25) is 0 Å². The molecule has 14 N–H and O–H groups in total. The van der Waals surface area contributed by atoms with E-state index in [-0.39, 0.29) is 117 Å². The van der Waals surface area contributed by atoms with Crippen LogP contribution in [0.3, 0.4) is 0 Å². The lowest BCUT2D eigenvalue weighted by Crippen LogP contribution is -2.38. The number of sulfonamides is 4. The molecular weight excluding hydrogens is 2070 g/mol. The molecule has 0 spiro atoms. The second-order valence-electron chi connectivity index (χ2n) is 37.0. The summed E-state index contributed by atoms with van der Waals surface area (Å²) in [5, 5.41) is 40.6. The zero-order valence-electron chi connectivity index (χ0n) is 84.0. The van der Waals surface area contributed by atoms with Crippen LogP contribution >= 0.6 is 57.7 Å². The summed E-state index contributed by atoms with van der Waals surface area (Å²) in [6.45, 7) is 21.3. The maximum Gasteiger partial charge on any atom is 0.272 e. The SMILES string of the molecule is CC(C)(C)c1nc2cccc(S(=O)(=O)Cl)c2o1.CCOc1c(Nc2cccc(S(=O)(=O)N(C)C)c2O)c(=O)c1=O.CN(C)S(=O)(=O)c1cccc(N)c1O.CN(C)S(=O)(=O)c1cccc2nc(C(C)(C)C)oc12.Cc1ccc(C(N)C2CCCS2)o1.Cc1ccc(C(N)[C@@H]2CCCS2)o1.Cc1ccc(C(N)[C@H]2CCCS2)o1.Cc1ccc(C(Nc2c(Nc3cccc(S(=O)(=O)N(C)C)c3O)c(=O)c2=O)C2CCCS2)o1. The first-order valence-electron chi connectivity index (χ1n) is 46.1. The van der Waals surface area contributed by atoms with Gasteiger partial charge in [-0.2, -0.15) is 47.0 Å². The molecule has 13 aromatic rings. The molecule has 37 nitrogen and oxygen atoms in total. The average Bonchev–Trinajstić information content (AvgIpc) is 1.76. The molecule has 4 saturated heterocycles. The number of nitrogens with zero attached hydrogens (tertiary/aromatic N) is 6. The summed E-state index contributed by atoms with van der Waals surface area (Å²) in [6, 6.07) is 37.6. The fourth-order valence-electron chi connectivity index (χ4n) is 14.9. The summed E-state index contributed by atoms with van der Waals surface area (Å²) in [5.74, 6) is 11.3. The number of aromatic hydroxyl groups is 3. The number of nitrogens with two attached hydrogens (primary N) is 4. The van der Waals surface area contributed by atoms with Crippen molar-refractivity contribution in [3.05, 3.63) is 238 Å². The number of hydrogen-bond acceptors (Lipinski definition) is 37. The number of phenolic OH excluding ortho intramolecular Hbond substituents is 3. The minimum Gasteiger partial charge on any atom is -0.504 e. The van der Waals surface area contributed by atoms with E-state index in [1.165, 1.54) is 183 Å². The van der Waals surface area contributed by atoms with Gasteiger partial charge >= 0.3 is 0 Å². The Bertz CT molecular complexity index is 7250. The molecule has 6 unspecified atom stereocenters. The van der Waals surface area contributed by atoms with E-state index in [0.717, 1.165) is 71.8 Å². The molecule has 47 heteroatoms. The number of aryl methyl sites for hydroxylation is 4. The summed E-state index contributed by atoms with van der Waals surface area (Å²) in [7, 11) is -2.28. The normalized spacial score (nSPS) is 17.0. The first-order valence-corrected chi connectivity index (χ1v) is 58.4. The zero-order valence-corrected chi connectivity index (χ0v) is 92.2. The fraction of sp³-hybridized carbons (Fsp3) is 0.429. The van der Waals surface area contributed by atoms with E-state index >= 15 is 0 Å². The van der Waals surface area contributed by atoms with Crippen molar-refractivity contribution in [1.29, 1.82) is 0 Å². The van der Waals surface area contributed by atoms with Gasteiger partial charge in [-0.15, -0.1) is 0 Å². The van der Waals surface area contributed by atoms with Crippen molar-refractivity contribution < 1.29 is 88.6 Å². The first kappa shape index (κ1) is 117. The molecule has 10 heterocycles. The third kappa shape index (κ3) is 28.7. The number of rotatable bonds is 25. The van der Waals surface area contributed by atoms with Gasteiger partial charge in [0, 0.05) is 98.9 Å². The summed E-state index contributed by atoms with van der Waals surface area (Å²) >= 11 is 7.68. The van der Waals surface area contributed by atoms with Crippen molar-refractivity contribution in [2.24, 2.45) is 17.2 Å². The van der Waals surface area contributed by atoms with Gasteiger partial charge < -0.3 is 85.4 Å². The highest BCUT2D eigenvalue weighted by molar-refractivity contribution is 8.14. The van der Waals surface area contributed by atoms with Gasteiger partial charge in [0.2, 0.25) is 51.9 Å². The molecule has 8 atom stereocenters. The van der Waals surface area contributed by atoms with Crippen molar-refractivity contribution in [2.45, 2.75) is 208 Å². The van der Waals surface area contributed by atoms with E-state index in [1.54, 1.807) is 43.0 Å². The van der Waals surface area contributed by atoms with Crippen LogP contribution in [0.1, 0.15) is 182 Å². The van der Waals surface area contributed by atoms with Crippen molar-refractivity contribution in [3.63, 3.8) is 0 Å². The highest BCUT2D eigenvalue weighted by atomic mass is 35.7. The Morgan fingerprint density at radius 1 is 0.414 bits per heavy atom. The Morgan fingerprint density at radius 2 is 0.724 bits per heavy atom. The number of para-hydroxylation sites is 5. The monoisotopic (exact) mass is 2190 g/mol. The van der Waals surface area contributed by atoms with Crippen molar-refractivity contribution in [2.75, 3.05) is 108 Å². The van der Waals surface area contributed by atoms with Crippen LogP contribution in [0.4, 0.5) is 34.1 Å². The fourth-order valence-corrected chi connectivity index (χ4v) is 25.2. The molecule has 0 saturated carbocycles. The number of nitrogens with one attached hydrogen (secondary N) is 3. The van der Waals surface area contributed by atoms with Crippen molar-refractivity contribution >= 4 is 163 Å². The number of nitrogen functional groups attached to an aromatic ring is 1. The summed E-state index contributed by atoms with van der Waals surface area (Å²) < 4.78 is 162. The number of hydrogen-bond donors (Lipinski definition) is 10. The number of ether oxygens (including phenoxy) is 1. The number of anilines is 6. The van der Waals surface area contributed by atoms with Crippen LogP contribution in [0.15, 0.2) is 210 Å². The lowest BCUT2D eigenvalue weighted by molar-refractivity contribution is 0.335. The van der Waals surface area contributed by atoms with Gasteiger partial charge in [-0.1, -0.05) is 71.9 Å². The number of halogens is 1. The molecule has 0 aliphatic carbocycles. The number of fused-ring (bicyclic) bond motifs is 2. The van der Waals surface area contributed by atoms with Gasteiger partial charge in [0.05, 0.1) is 47.8 Å². The predicted molar refractivity (Wildman–Crippen MR) is 574 cm³/mol. The van der Waals surface area contributed by atoms with Crippen molar-refractivity contribution in [1.82, 2.24) is 27.2 Å². The highest BCUT2D eigenvalue weighted by Gasteiger charge is 2.37. The number of oxazole rings is 2. The number of phenols is 3. The van der Waals surface area contributed by atoms with E-state index in [2.05, 4.69) is 25.9 Å². The molecule has 7 aromatic carbocycles. The van der Waals surface area contributed by atoms with E-state index in [0.29, 0.717) is 49.9 Å². The number of aromatic nitrogens is 2. The summed E-state index contributed by atoms with van der Waals surface area (Å²) in [6.07, 6.45) is 9.55. The van der Waals surface area contributed by atoms with Crippen LogP contribution < -0.4 is 65.3 Å². The van der Waals surface area contributed by atoms with Crippen LogP contribution in [0, 0.1) is 27.7 Å². The van der Waals surface area contributed by atoms with E-state index in [1.807, 2.05) is 153 Å². The van der Waals surface area contributed by atoms with E-state index in [9.17, 15) is 76.6 Å². The molecule has 0 radical (unpaired) electrons. The van der Waals surface area contributed by atoms with Crippen LogP contribution in [0.25, 0.3) is 22.2 Å². The molecule has 790 valence electrons. The molecule has 0 bridgehead atoms. The molecule has 4 fully saturated rings. The quantitative estimate of drug-likeness (QED) is 0.0110. The number of thioether (sulfide) groups is 4. The molecule has 17 rings (SSSR count). The topological polar surface area (TPSA) is 567 Å². The van der Waals surface area contributed by atoms with Crippen LogP contribution in [0.5, 0.6) is 23.0 Å². The highest BCUT2D eigenvalue weighted by Crippen LogP contribution is 2.45. The largest absolute Gasteiger partial charge is 0.504 e. The molecule has 145 heavy (non-hydrogen) atoms. The van der Waals surface area contributed by atoms with Gasteiger partial charge in [0.15, 0.2) is 34.2 Å². The second-order valence-corrected chi connectivity index (χ2v) is 53.4. The first-order chi connectivity index (χ1) is 67.8. The smallest absolute Gasteiger partial charge is 0.272 e. The molecule has 6 aromatic heterocycles. The van der Waals surface area contributed by atoms with Gasteiger partial charge in [-0.25, -0.2) is 69.3 Å². The van der Waals surface area contributed by atoms with E-state index < -0.39 is 88.1 Å². The maximum atomic E-state index is 12.5. The third-order valence-electron chi connectivity index (χ3n) is 23.0. The molecule has 4 aliphatic heterocycles. The van der Waals surface area contributed by atoms with Crippen LogP contribution in [-0.2, 0) is 60.0 Å². The molecule has 0 amide bonds. The maximum absolute atomic E-state index is 12.5. The Kier molecular flexibility index (Phi) is 39.7. The number of furan rings is 4. The van der Waals surface area contributed by atoms with Crippen LogP contribution in [-0.4, -0.2) is 192 Å². The summed E-state index contributed by atoms with van der Waals surface area (Å²) in [4.78, 5) is 55.8. The Labute approximate surface area is 866 Å². The van der Waals surface area contributed by atoms with Gasteiger partial charge in [-0.05, 0) is 218 Å². The molecule has 4 aliphatic rings. The van der Waals surface area contributed by atoms with Gasteiger partial charge in [0.25, 0.3) is 30.8 Å². The van der Waals surface area contributed by atoms with Crippen molar-refractivity contribution in [3.8, 4) is 23.0 Å². The third-order valence-corrected chi connectivity index (χ3v) is 37.6.